The fourth-order valence-corrected chi connectivity index (χ4v) is 6.92. The second-order valence-electron chi connectivity index (χ2n) is 11.8. The van der Waals surface area contributed by atoms with E-state index in [4.69, 9.17) is 37.9 Å². The average molecular weight is 625 g/mol. The summed E-state index contributed by atoms with van der Waals surface area (Å²) in [5.74, 6) is -1.05. The topological polar surface area (TPSA) is 108 Å². The first-order valence-corrected chi connectivity index (χ1v) is 15.3. The number of hydrogen-bond donors (Lipinski definition) is 0. The summed E-state index contributed by atoms with van der Waals surface area (Å²) in [5, 5.41) is 0. The lowest BCUT2D eigenvalue weighted by molar-refractivity contribution is -0.242. The van der Waals surface area contributed by atoms with Crippen LogP contribution in [0.4, 0.5) is 0 Å². The Kier molecular flexibility index (Phi) is 8.29. The molecule has 3 aromatic rings. The van der Waals surface area contributed by atoms with Gasteiger partial charge in [0, 0.05) is 10.4 Å². The number of carbonyl (C=O) groups is 2. The molecule has 234 valence electrons. The van der Waals surface area contributed by atoms with Crippen molar-refractivity contribution >= 4 is 23.1 Å². The van der Waals surface area contributed by atoms with Crippen LogP contribution in [0.15, 0.2) is 54.6 Å². The quantitative estimate of drug-likeness (QED) is 0.234. The smallest absolute Gasteiger partial charge is 0.310 e. The Hall–Kier alpha value is -3.32. The molecule has 3 saturated heterocycles. The average Bonchev–Trinajstić information content (AvgIpc) is 3.66. The highest BCUT2D eigenvalue weighted by atomic mass is 32.1. The summed E-state index contributed by atoms with van der Waals surface area (Å²) in [6, 6.07) is 16.2. The molecule has 2 aromatic carbocycles. The third-order valence-corrected chi connectivity index (χ3v) is 8.94. The van der Waals surface area contributed by atoms with Gasteiger partial charge < -0.3 is 37.9 Å². The van der Waals surface area contributed by atoms with Crippen LogP contribution in [0.25, 0.3) is 10.4 Å². The summed E-state index contributed by atoms with van der Waals surface area (Å²) >= 11 is 1.32. The Bertz CT molecular complexity index is 1530. The molecule has 6 rings (SSSR count). The van der Waals surface area contributed by atoms with Gasteiger partial charge in [0.15, 0.2) is 17.9 Å². The summed E-state index contributed by atoms with van der Waals surface area (Å²) in [6.45, 7) is 7.21. The van der Waals surface area contributed by atoms with Crippen molar-refractivity contribution in [2.45, 2.75) is 76.4 Å². The fraction of sp³-hybridized carbons (Fsp3) is 0.455. The number of hydrogen-bond acceptors (Lipinski definition) is 11. The van der Waals surface area contributed by atoms with Crippen LogP contribution in [0, 0.1) is 0 Å². The first-order valence-electron chi connectivity index (χ1n) is 14.4. The van der Waals surface area contributed by atoms with Crippen molar-refractivity contribution in [2.75, 3.05) is 20.8 Å². The van der Waals surface area contributed by atoms with E-state index in [1.165, 1.54) is 11.3 Å². The Morgan fingerprint density at radius 3 is 2.23 bits per heavy atom. The van der Waals surface area contributed by atoms with Crippen LogP contribution in [0.1, 0.15) is 48.5 Å². The predicted octanol–water partition coefficient (Wildman–Crippen LogP) is 5.15. The van der Waals surface area contributed by atoms with Crippen molar-refractivity contribution in [1.82, 2.24) is 0 Å². The van der Waals surface area contributed by atoms with Crippen molar-refractivity contribution in [3.05, 3.63) is 70.6 Å². The molecule has 4 heterocycles. The maximum absolute atomic E-state index is 13.5. The highest BCUT2D eigenvalue weighted by Crippen LogP contribution is 2.44. The summed E-state index contributed by atoms with van der Waals surface area (Å²) in [6.07, 6.45) is -2.79. The first kappa shape index (κ1) is 30.7. The zero-order valence-corrected chi connectivity index (χ0v) is 26.3. The SMILES string of the molecule is COc1ccc(-c2sc(C(=O)c3cccc(OC)c3)cc2CC(=O)OC[C@H]2O[C@@H]3OC(C)(C)O[C@@H]3[C@H]3OC(C)(C)O[C@H]32)cc1. The van der Waals surface area contributed by atoms with Gasteiger partial charge in [-0.05, 0) is 81.3 Å². The molecule has 0 amide bonds. The summed E-state index contributed by atoms with van der Waals surface area (Å²) in [7, 11) is 3.15. The van der Waals surface area contributed by atoms with E-state index in [0.717, 1.165) is 10.4 Å². The monoisotopic (exact) mass is 624 g/mol. The number of benzene rings is 2. The molecule has 0 N–H and O–H groups in total. The van der Waals surface area contributed by atoms with Crippen LogP contribution in [0.5, 0.6) is 11.5 Å². The van der Waals surface area contributed by atoms with E-state index in [1.807, 2.05) is 52.0 Å². The highest BCUT2D eigenvalue weighted by molar-refractivity contribution is 7.17. The largest absolute Gasteiger partial charge is 0.497 e. The molecule has 3 aliphatic heterocycles. The fourth-order valence-electron chi connectivity index (χ4n) is 5.77. The van der Waals surface area contributed by atoms with Gasteiger partial charge in [-0.15, -0.1) is 11.3 Å². The minimum atomic E-state index is -0.860. The van der Waals surface area contributed by atoms with E-state index < -0.39 is 48.2 Å². The van der Waals surface area contributed by atoms with E-state index in [1.54, 1.807) is 44.6 Å². The second-order valence-corrected chi connectivity index (χ2v) is 12.9. The van der Waals surface area contributed by atoms with Crippen LogP contribution in [-0.2, 0) is 39.6 Å². The molecule has 0 radical (unpaired) electrons. The maximum Gasteiger partial charge on any atom is 0.310 e. The summed E-state index contributed by atoms with van der Waals surface area (Å²) in [5.41, 5.74) is 2.02. The summed E-state index contributed by atoms with van der Waals surface area (Å²) < 4.78 is 46.8. The molecule has 0 bridgehead atoms. The van der Waals surface area contributed by atoms with Gasteiger partial charge in [-0.2, -0.15) is 0 Å². The third kappa shape index (κ3) is 6.26. The van der Waals surface area contributed by atoms with Crippen molar-refractivity contribution in [3.63, 3.8) is 0 Å². The van der Waals surface area contributed by atoms with Gasteiger partial charge in [0.2, 0.25) is 5.78 Å². The molecule has 11 heteroatoms. The Balaban J connectivity index is 1.21. The van der Waals surface area contributed by atoms with E-state index in [9.17, 15) is 9.59 Å². The molecule has 0 saturated carbocycles. The van der Waals surface area contributed by atoms with Crippen LogP contribution >= 0.6 is 11.3 Å². The molecule has 3 fully saturated rings. The zero-order chi connectivity index (χ0) is 31.2. The van der Waals surface area contributed by atoms with Crippen molar-refractivity contribution in [2.24, 2.45) is 0 Å². The standard InChI is InChI=1S/C33H36O10S/c1-32(2)40-27-23(39-31-29(28(27)41-32)42-33(3,4)43-31)17-38-25(34)16-20-15-24(26(35)19-8-7-9-22(14-19)37-6)44-30(20)18-10-12-21(36-5)13-11-18/h7-15,23,27-29,31H,16-17H2,1-6H3/t23-,27+,28+,29-,31-/m1/s1. The van der Waals surface area contributed by atoms with Crippen molar-refractivity contribution in [1.29, 1.82) is 0 Å². The van der Waals surface area contributed by atoms with Gasteiger partial charge in [0.1, 0.15) is 42.5 Å². The summed E-state index contributed by atoms with van der Waals surface area (Å²) in [4.78, 5) is 28.1. The Morgan fingerprint density at radius 2 is 1.50 bits per heavy atom. The third-order valence-electron chi connectivity index (χ3n) is 7.71. The normalized spacial score (nSPS) is 26.5. The molecular formula is C33H36O10S. The van der Waals surface area contributed by atoms with Crippen molar-refractivity contribution < 1.29 is 47.5 Å². The number of thiophene rings is 1. The zero-order valence-electron chi connectivity index (χ0n) is 25.5. The van der Waals surface area contributed by atoms with Gasteiger partial charge in [0.25, 0.3) is 0 Å². The van der Waals surface area contributed by atoms with E-state index in [-0.39, 0.29) is 18.8 Å². The number of fused-ring (bicyclic) bond motifs is 3. The molecule has 5 atom stereocenters. The van der Waals surface area contributed by atoms with E-state index >= 15 is 0 Å². The van der Waals surface area contributed by atoms with Gasteiger partial charge in [-0.1, -0.05) is 12.1 Å². The van der Waals surface area contributed by atoms with Gasteiger partial charge in [0.05, 0.1) is 25.5 Å². The van der Waals surface area contributed by atoms with E-state index in [0.29, 0.717) is 27.5 Å². The maximum atomic E-state index is 13.5. The minimum Gasteiger partial charge on any atom is -0.497 e. The first-order chi connectivity index (χ1) is 20.9. The molecule has 3 aliphatic rings. The molecular weight excluding hydrogens is 588 g/mol. The molecule has 44 heavy (non-hydrogen) atoms. The lowest BCUT2D eigenvalue weighted by atomic mass is 9.99. The molecule has 1 aromatic heterocycles. The number of rotatable bonds is 9. The Morgan fingerprint density at radius 1 is 0.818 bits per heavy atom. The van der Waals surface area contributed by atoms with Crippen LogP contribution in [0.3, 0.4) is 0 Å². The number of methoxy groups -OCH3 is 2. The van der Waals surface area contributed by atoms with Crippen LogP contribution in [0.2, 0.25) is 0 Å². The van der Waals surface area contributed by atoms with E-state index in [2.05, 4.69) is 0 Å². The lowest BCUT2D eigenvalue weighted by Gasteiger charge is -2.36. The van der Waals surface area contributed by atoms with Crippen molar-refractivity contribution in [3.8, 4) is 21.9 Å². The molecule has 0 aliphatic carbocycles. The van der Waals surface area contributed by atoms with Gasteiger partial charge in [-0.25, -0.2) is 0 Å². The lowest BCUT2D eigenvalue weighted by Crippen LogP contribution is -2.56. The van der Waals surface area contributed by atoms with Crippen LogP contribution < -0.4 is 9.47 Å². The number of esters is 1. The highest BCUT2D eigenvalue weighted by Gasteiger charge is 2.60. The predicted molar refractivity (Wildman–Crippen MR) is 160 cm³/mol. The molecule has 0 spiro atoms. The second kappa shape index (κ2) is 11.9. The minimum absolute atomic E-state index is 0.0500. The Labute approximate surface area is 260 Å². The van der Waals surface area contributed by atoms with Gasteiger partial charge >= 0.3 is 5.97 Å². The number of ketones is 1. The van der Waals surface area contributed by atoms with Crippen LogP contribution in [-0.4, -0.2) is 74.9 Å². The molecule has 10 nitrogen and oxygen atoms in total. The molecule has 0 unspecified atom stereocenters. The number of ether oxygens (including phenoxy) is 8. The van der Waals surface area contributed by atoms with Gasteiger partial charge in [-0.3, -0.25) is 9.59 Å². The number of carbonyl (C=O) groups excluding carboxylic acids is 2.